The van der Waals surface area contributed by atoms with Crippen LogP contribution in [0.1, 0.15) is 45.4 Å². The van der Waals surface area contributed by atoms with E-state index >= 15 is 0 Å². The van der Waals surface area contributed by atoms with E-state index in [1.165, 1.54) is 0 Å². The molecule has 1 amide bonds. The largest absolute Gasteiger partial charge is 0.378 e. The zero-order valence-corrected chi connectivity index (χ0v) is 10.4. The van der Waals surface area contributed by atoms with Gasteiger partial charge in [0, 0.05) is 12.6 Å². The molecule has 1 aliphatic carbocycles. The second-order valence-electron chi connectivity index (χ2n) is 5.28. The SMILES string of the molecule is CC1CC(NC(=O)C2(C#N)CCCC2)CCO1. The van der Waals surface area contributed by atoms with Crippen LogP contribution >= 0.6 is 0 Å². The highest BCUT2D eigenvalue weighted by molar-refractivity contribution is 5.85. The fraction of sp³-hybridized carbons (Fsp3) is 0.846. The molecule has 2 rings (SSSR count). The van der Waals surface area contributed by atoms with Crippen LogP contribution < -0.4 is 5.32 Å². The van der Waals surface area contributed by atoms with Crippen LogP contribution in [0.15, 0.2) is 0 Å². The number of rotatable bonds is 2. The average Bonchev–Trinajstić information content (AvgIpc) is 2.78. The predicted octanol–water partition coefficient (Wildman–Crippen LogP) is 1.75. The zero-order chi connectivity index (χ0) is 12.3. The first-order chi connectivity index (χ1) is 8.16. The molecule has 0 bridgehead atoms. The maximum atomic E-state index is 12.2. The lowest BCUT2D eigenvalue weighted by Crippen LogP contribution is -2.47. The van der Waals surface area contributed by atoms with Crippen LogP contribution in [-0.2, 0) is 9.53 Å². The molecule has 2 fully saturated rings. The normalized spacial score (nSPS) is 31.8. The second kappa shape index (κ2) is 5.05. The van der Waals surface area contributed by atoms with Crippen LogP contribution in [0, 0.1) is 16.7 Å². The molecule has 2 unspecified atom stereocenters. The highest BCUT2D eigenvalue weighted by Gasteiger charge is 2.42. The Morgan fingerprint density at radius 2 is 2.18 bits per heavy atom. The number of hydrogen-bond donors (Lipinski definition) is 1. The average molecular weight is 236 g/mol. The third-order valence-corrected chi connectivity index (χ3v) is 3.93. The molecule has 0 aromatic carbocycles. The Labute approximate surface area is 102 Å². The maximum Gasteiger partial charge on any atom is 0.240 e. The predicted molar refractivity (Wildman–Crippen MR) is 63.1 cm³/mol. The van der Waals surface area contributed by atoms with Gasteiger partial charge in [0.05, 0.1) is 12.2 Å². The van der Waals surface area contributed by atoms with E-state index < -0.39 is 5.41 Å². The number of nitrogens with zero attached hydrogens (tertiary/aromatic N) is 1. The summed E-state index contributed by atoms with van der Waals surface area (Å²) in [7, 11) is 0. The summed E-state index contributed by atoms with van der Waals surface area (Å²) in [6.07, 6.45) is 5.33. The van der Waals surface area contributed by atoms with Gasteiger partial charge in [0.25, 0.3) is 0 Å². The van der Waals surface area contributed by atoms with Crippen LogP contribution in [0.4, 0.5) is 0 Å². The van der Waals surface area contributed by atoms with Gasteiger partial charge < -0.3 is 10.1 Å². The fourth-order valence-corrected chi connectivity index (χ4v) is 2.82. The van der Waals surface area contributed by atoms with Gasteiger partial charge in [-0.25, -0.2) is 0 Å². The Hall–Kier alpha value is -1.08. The number of nitrogens with one attached hydrogen (secondary N) is 1. The van der Waals surface area contributed by atoms with Crippen LogP contribution in [-0.4, -0.2) is 24.7 Å². The summed E-state index contributed by atoms with van der Waals surface area (Å²) in [6, 6.07) is 2.41. The standard InChI is InChI=1S/C13H20N2O2/c1-10-8-11(4-7-17-10)15-12(16)13(9-14)5-2-3-6-13/h10-11H,2-8H2,1H3,(H,15,16). The third-order valence-electron chi connectivity index (χ3n) is 3.93. The minimum Gasteiger partial charge on any atom is -0.378 e. The molecule has 1 aliphatic heterocycles. The summed E-state index contributed by atoms with van der Waals surface area (Å²) in [5, 5.41) is 12.3. The topological polar surface area (TPSA) is 62.1 Å². The Bertz CT molecular complexity index is 329. The lowest BCUT2D eigenvalue weighted by Gasteiger charge is -2.30. The van der Waals surface area contributed by atoms with Crippen molar-refractivity contribution in [1.82, 2.24) is 5.32 Å². The Morgan fingerprint density at radius 3 is 2.76 bits per heavy atom. The van der Waals surface area contributed by atoms with Crippen molar-refractivity contribution in [3.63, 3.8) is 0 Å². The van der Waals surface area contributed by atoms with Crippen molar-refractivity contribution in [3.8, 4) is 6.07 Å². The molecule has 94 valence electrons. The minimum absolute atomic E-state index is 0.0587. The Balaban J connectivity index is 1.94. The van der Waals surface area contributed by atoms with E-state index in [9.17, 15) is 10.1 Å². The summed E-state index contributed by atoms with van der Waals surface area (Å²) in [6.45, 7) is 2.72. The Kier molecular flexibility index (Phi) is 3.68. The molecule has 0 radical (unpaired) electrons. The van der Waals surface area contributed by atoms with Crippen molar-refractivity contribution < 1.29 is 9.53 Å². The second-order valence-corrected chi connectivity index (χ2v) is 5.28. The molecule has 2 aliphatic rings. The Morgan fingerprint density at radius 1 is 1.47 bits per heavy atom. The first kappa shape index (κ1) is 12.4. The van der Waals surface area contributed by atoms with Crippen LogP contribution in [0.3, 0.4) is 0 Å². The molecule has 1 saturated carbocycles. The zero-order valence-electron chi connectivity index (χ0n) is 10.4. The number of carbonyl (C=O) groups excluding carboxylic acids is 1. The monoisotopic (exact) mass is 236 g/mol. The van der Waals surface area contributed by atoms with Crippen molar-refractivity contribution in [3.05, 3.63) is 0 Å². The van der Waals surface area contributed by atoms with Crippen molar-refractivity contribution in [2.75, 3.05) is 6.61 Å². The minimum atomic E-state index is -0.748. The van der Waals surface area contributed by atoms with E-state index in [0.29, 0.717) is 19.4 Å². The quantitative estimate of drug-likeness (QED) is 0.794. The van der Waals surface area contributed by atoms with E-state index in [-0.39, 0.29) is 18.1 Å². The summed E-state index contributed by atoms with van der Waals surface area (Å²) < 4.78 is 5.45. The fourth-order valence-electron chi connectivity index (χ4n) is 2.82. The van der Waals surface area contributed by atoms with Crippen molar-refractivity contribution in [2.45, 2.75) is 57.6 Å². The molecular weight excluding hydrogens is 216 g/mol. The molecule has 4 nitrogen and oxygen atoms in total. The van der Waals surface area contributed by atoms with Crippen molar-refractivity contribution in [2.24, 2.45) is 5.41 Å². The van der Waals surface area contributed by atoms with Gasteiger partial charge in [-0.15, -0.1) is 0 Å². The van der Waals surface area contributed by atoms with Gasteiger partial charge in [-0.3, -0.25) is 4.79 Å². The molecular formula is C13H20N2O2. The first-order valence-corrected chi connectivity index (χ1v) is 6.50. The highest BCUT2D eigenvalue weighted by atomic mass is 16.5. The molecule has 0 spiro atoms. The molecule has 4 heteroatoms. The van der Waals surface area contributed by atoms with E-state index in [1.807, 2.05) is 6.92 Å². The number of hydrogen-bond acceptors (Lipinski definition) is 3. The lowest BCUT2D eigenvalue weighted by atomic mass is 9.86. The van der Waals surface area contributed by atoms with E-state index in [0.717, 1.165) is 25.7 Å². The molecule has 1 saturated heterocycles. The smallest absolute Gasteiger partial charge is 0.240 e. The van der Waals surface area contributed by atoms with Crippen LogP contribution in [0.5, 0.6) is 0 Å². The molecule has 0 aromatic rings. The van der Waals surface area contributed by atoms with E-state index in [2.05, 4.69) is 11.4 Å². The highest BCUT2D eigenvalue weighted by Crippen LogP contribution is 2.37. The summed E-state index contributed by atoms with van der Waals surface area (Å²) in [5.74, 6) is -0.0587. The number of ether oxygens (including phenoxy) is 1. The van der Waals surface area contributed by atoms with Crippen LogP contribution in [0.25, 0.3) is 0 Å². The number of nitriles is 1. The van der Waals surface area contributed by atoms with Gasteiger partial charge in [0.15, 0.2) is 0 Å². The number of carbonyl (C=O) groups is 1. The van der Waals surface area contributed by atoms with Gasteiger partial charge >= 0.3 is 0 Å². The lowest BCUT2D eigenvalue weighted by molar-refractivity contribution is -0.129. The van der Waals surface area contributed by atoms with Crippen LogP contribution in [0.2, 0.25) is 0 Å². The summed E-state index contributed by atoms with van der Waals surface area (Å²) >= 11 is 0. The summed E-state index contributed by atoms with van der Waals surface area (Å²) in [4.78, 5) is 12.2. The molecule has 2 atom stereocenters. The van der Waals surface area contributed by atoms with E-state index in [1.54, 1.807) is 0 Å². The summed E-state index contributed by atoms with van der Waals surface area (Å²) in [5.41, 5.74) is -0.748. The maximum absolute atomic E-state index is 12.2. The molecule has 1 heterocycles. The van der Waals surface area contributed by atoms with Crippen molar-refractivity contribution >= 4 is 5.91 Å². The van der Waals surface area contributed by atoms with Crippen molar-refractivity contribution in [1.29, 1.82) is 5.26 Å². The molecule has 17 heavy (non-hydrogen) atoms. The number of amides is 1. The van der Waals surface area contributed by atoms with Gasteiger partial charge in [0.1, 0.15) is 5.41 Å². The first-order valence-electron chi connectivity index (χ1n) is 6.50. The van der Waals surface area contributed by atoms with Gasteiger partial charge in [0.2, 0.25) is 5.91 Å². The third kappa shape index (κ3) is 2.61. The molecule has 1 N–H and O–H groups in total. The molecule has 0 aromatic heterocycles. The van der Waals surface area contributed by atoms with Gasteiger partial charge in [-0.1, -0.05) is 12.8 Å². The van der Waals surface area contributed by atoms with Gasteiger partial charge in [-0.05, 0) is 32.6 Å². The van der Waals surface area contributed by atoms with Gasteiger partial charge in [-0.2, -0.15) is 5.26 Å². The van der Waals surface area contributed by atoms with E-state index in [4.69, 9.17) is 4.74 Å².